The molecular formula is C17H26N4O3. The summed E-state index contributed by atoms with van der Waals surface area (Å²) in [5.74, 6) is -0.142. The molecule has 1 aromatic rings. The van der Waals surface area contributed by atoms with Crippen LogP contribution in [0.4, 0.5) is 5.69 Å². The molecule has 24 heavy (non-hydrogen) atoms. The zero-order valence-corrected chi connectivity index (χ0v) is 14.8. The van der Waals surface area contributed by atoms with Crippen molar-refractivity contribution in [3.63, 3.8) is 0 Å². The van der Waals surface area contributed by atoms with Crippen molar-refractivity contribution in [2.75, 3.05) is 54.4 Å². The number of hydrogen-bond donors (Lipinski definition) is 0. The number of benzene rings is 1. The van der Waals surface area contributed by atoms with Crippen LogP contribution < -0.4 is 0 Å². The quantitative estimate of drug-likeness (QED) is 0.389. The Balaban J connectivity index is 2.84. The molecule has 0 bridgehead atoms. The number of likely N-dealkylation sites (N-methyl/N-ethyl adjacent to an activating group) is 2. The average Bonchev–Trinajstić information content (AvgIpc) is 2.52. The van der Waals surface area contributed by atoms with Crippen LogP contribution in [-0.4, -0.2) is 79.9 Å². The van der Waals surface area contributed by atoms with Gasteiger partial charge in [-0.1, -0.05) is 12.1 Å². The van der Waals surface area contributed by atoms with E-state index in [9.17, 15) is 14.9 Å². The van der Waals surface area contributed by atoms with Crippen LogP contribution in [0, 0.1) is 10.1 Å². The molecule has 1 amide bonds. The van der Waals surface area contributed by atoms with E-state index in [0.717, 1.165) is 13.1 Å². The minimum atomic E-state index is -0.444. The highest BCUT2D eigenvalue weighted by Crippen LogP contribution is 2.19. The lowest BCUT2D eigenvalue weighted by Crippen LogP contribution is -2.39. The monoisotopic (exact) mass is 334 g/mol. The van der Waals surface area contributed by atoms with Crippen LogP contribution in [0.3, 0.4) is 0 Å². The van der Waals surface area contributed by atoms with E-state index < -0.39 is 4.92 Å². The summed E-state index contributed by atoms with van der Waals surface area (Å²) in [6, 6.07) is 6.39. The molecule has 1 aromatic carbocycles. The van der Waals surface area contributed by atoms with Crippen molar-refractivity contribution in [1.82, 2.24) is 14.7 Å². The zero-order chi connectivity index (χ0) is 18.1. The van der Waals surface area contributed by atoms with E-state index in [1.54, 1.807) is 23.1 Å². The Morgan fingerprint density at radius 3 is 2.08 bits per heavy atom. The molecule has 0 saturated carbocycles. The van der Waals surface area contributed by atoms with Crippen LogP contribution in [0.25, 0.3) is 6.08 Å². The molecule has 0 aliphatic heterocycles. The number of hydrogen-bond acceptors (Lipinski definition) is 5. The van der Waals surface area contributed by atoms with Gasteiger partial charge in [0.1, 0.15) is 0 Å². The number of carbonyl (C=O) groups excluding carboxylic acids is 1. The number of rotatable bonds is 9. The number of carbonyl (C=O) groups is 1. The van der Waals surface area contributed by atoms with E-state index in [1.165, 1.54) is 18.2 Å². The smallest absolute Gasteiger partial charge is 0.276 e. The van der Waals surface area contributed by atoms with Crippen LogP contribution in [0.2, 0.25) is 0 Å². The third-order valence-electron chi connectivity index (χ3n) is 3.48. The highest BCUT2D eigenvalue weighted by Gasteiger charge is 2.13. The van der Waals surface area contributed by atoms with Gasteiger partial charge in [-0.05, 0) is 40.3 Å². The first-order valence-corrected chi connectivity index (χ1v) is 7.81. The maximum atomic E-state index is 12.5. The summed E-state index contributed by atoms with van der Waals surface area (Å²) in [6.07, 6.45) is 2.92. The SMILES string of the molecule is CN(C)CCN(CCN(C)C)C(=O)C=Cc1ccccc1[N+](=O)[O-]. The van der Waals surface area contributed by atoms with Crippen molar-refractivity contribution in [3.8, 4) is 0 Å². The van der Waals surface area contributed by atoms with Gasteiger partial charge in [0.25, 0.3) is 5.69 Å². The van der Waals surface area contributed by atoms with Crippen molar-refractivity contribution >= 4 is 17.7 Å². The van der Waals surface area contributed by atoms with Gasteiger partial charge in [0.15, 0.2) is 0 Å². The summed E-state index contributed by atoms with van der Waals surface area (Å²) >= 11 is 0. The standard InChI is InChI=1S/C17H26N4O3/c1-18(2)11-13-20(14-12-19(3)4)17(22)10-9-15-7-5-6-8-16(15)21(23)24/h5-10H,11-14H2,1-4H3. The summed E-state index contributed by atoms with van der Waals surface area (Å²) in [6.45, 7) is 2.75. The number of nitro benzene ring substituents is 1. The van der Waals surface area contributed by atoms with E-state index in [2.05, 4.69) is 0 Å². The number of nitro groups is 1. The average molecular weight is 334 g/mol. The lowest BCUT2D eigenvalue weighted by atomic mass is 10.1. The highest BCUT2D eigenvalue weighted by atomic mass is 16.6. The molecule has 7 heteroatoms. The molecule has 0 atom stereocenters. The van der Waals surface area contributed by atoms with Crippen molar-refractivity contribution in [2.24, 2.45) is 0 Å². The molecule has 0 aliphatic rings. The van der Waals surface area contributed by atoms with E-state index in [-0.39, 0.29) is 11.6 Å². The van der Waals surface area contributed by atoms with Crippen molar-refractivity contribution < 1.29 is 9.72 Å². The first kappa shape index (κ1) is 19.8. The third-order valence-corrected chi connectivity index (χ3v) is 3.48. The van der Waals surface area contributed by atoms with Gasteiger partial charge in [-0.3, -0.25) is 14.9 Å². The Morgan fingerprint density at radius 2 is 1.58 bits per heavy atom. The van der Waals surface area contributed by atoms with E-state index >= 15 is 0 Å². The fourth-order valence-electron chi connectivity index (χ4n) is 2.03. The second-order valence-electron chi connectivity index (χ2n) is 6.08. The molecule has 7 nitrogen and oxygen atoms in total. The van der Waals surface area contributed by atoms with Crippen LogP contribution in [-0.2, 0) is 4.79 Å². The van der Waals surface area contributed by atoms with Crippen LogP contribution in [0.1, 0.15) is 5.56 Å². The van der Waals surface area contributed by atoms with Gasteiger partial charge >= 0.3 is 0 Å². The summed E-state index contributed by atoms with van der Waals surface area (Å²) in [7, 11) is 7.82. The first-order chi connectivity index (χ1) is 11.3. The molecule has 0 fully saturated rings. The van der Waals surface area contributed by atoms with Gasteiger partial charge in [0.2, 0.25) is 5.91 Å². The minimum Gasteiger partial charge on any atom is -0.337 e. The Kier molecular flexibility index (Phi) is 8.08. The first-order valence-electron chi connectivity index (χ1n) is 7.81. The van der Waals surface area contributed by atoms with Gasteiger partial charge < -0.3 is 14.7 Å². The highest BCUT2D eigenvalue weighted by molar-refractivity contribution is 5.92. The summed E-state index contributed by atoms with van der Waals surface area (Å²) in [4.78, 5) is 28.8. The molecule has 0 unspecified atom stereocenters. The Hall–Kier alpha value is -2.25. The summed E-state index contributed by atoms with van der Waals surface area (Å²) in [5.41, 5.74) is 0.422. The molecule has 0 N–H and O–H groups in total. The number of para-hydroxylation sites is 1. The Bertz CT molecular complexity index is 573. The van der Waals surface area contributed by atoms with Gasteiger partial charge in [-0.15, -0.1) is 0 Å². The molecule has 132 valence electrons. The second kappa shape index (κ2) is 9.79. The lowest BCUT2D eigenvalue weighted by molar-refractivity contribution is -0.385. The van der Waals surface area contributed by atoms with Crippen molar-refractivity contribution in [2.45, 2.75) is 0 Å². The fourth-order valence-corrected chi connectivity index (χ4v) is 2.03. The van der Waals surface area contributed by atoms with Gasteiger partial charge in [-0.25, -0.2) is 0 Å². The normalized spacial score (nSPS) is 11.4. The second-order valence-corrected chi connectivity index (χ2v) is 6.08. The molecule has 0 heterocycles. The molecule has 0 aromatic heterocycles. The Morgan fingerprint density at radius 1 is 1.04 bits per heavy atom. The molecule has 0 radical (unpaired) electrons. The van der Waals surface area contributed by atoms with Gasteiger partial charge in [-0.2, -0.15) is 0 Å². The predicted octanol–water partition coefficient (Wildman–Crippen LogP) is 1.56. The van der Waals surface area contributed by atoms with E-state index in [1.807, 2.05) is 38.0 Å². The lowest BCUT2D eigenvalue weighted by Gasteiger charge is -2.24. The number of nitrogens with zero attached hydrogens (tertiary/aromatic N) is 4. The van der Waals surface area contributed by atoms with Crippen molar-refractivity contribution in [1.29, 1.82) is 0 Å². The zero-order valence-electron chi connectivity index (χ0n) is 14.8. The maximum Gasteiger partial charge on any atom is 0.276 e. The molecule has 0 aliphatic carbocycles. The van der Waals surface area contributed by atoms with E-state index in [0.29, 0.717) is 18.7 Å². The molecule has 1 rings (SSSR count). The summed E-state index contributed by atoms with van der Waals surface area (Å²) < 4.78 is 0. The van der Waals surface area contributed by atoms with E-state index in [4.69, 9.17) is 0 Å². The molecule has 0 spiro atoms. The summed E-state index contributed by atoms with van der Waals surface area (Å²) in [5, 5.41) is 11.0. The predicted molar refractivity (Wildman–Crippen MR) is 95.8 cm³/mol. The Labute approximate surface area is 143 Å². The van der Waals surface area contributed by atoms with Crippen molar-refractivity contribution in [3.05, 3.63) is 46.0 Å². The largest absolute Gasteiger partial charge is 0.337 e. The van der Waals surface area contributed by atoms with Crippen LogP contribution >= 0.6 is 0 Å². The van der Waals surface area contributed by atoms with Crippen LogP contribution in [0.5, 0.6) is 0 Å². The van der Waals surface area contributed by atoms with Gasteiger partial charge in [0.05, 0.1) is 10.5 Å². The fraction of sp³-hybridized carbons (Fsp3) is 0.471. The third kappa shape index (κ3) is 6.89. The maximum absolute atomic E-state index is 12.5. The number of amides is 1. The topological polar surface area (TPSA) is 69.9 Å². The minimum absolute atomic E-state index is 0.00492. The van der Waals surface area contributed by atoms with Gasteiger partial charge in [0, 0.05) is 38.3 Å². The van der Waals surface area contributed by atoms with Crippen LogP contribution in [0.15, 0.2) is 30.3 Å². The molecular weight excluding hydrogens is 308 g/mol. The molecule has 0 saturated heterocycles.